The highest BCUT2D eigenvalue weighted by Crippen LogP contribution is 2.27. The minimum atomic E-state index is -0.0165. The Bertz CT molecular complexity index is 737. The first-order valence-electron chi connectivity index (χ1n) is 8.97. The lowest BCUT2D eigenvalue weighted by Gasteiger charge is -2.25. The summed E-state index contributed by atoms with van der Waals surface area (Å²) in [4.78, 5) is 14.4. The van der Waals surface area contributed by atoms with Gasteiger partial charge in [-0.3, -0.25) is 4.79 Å². The lowest BCUT2D eigenvalue weighted by Crippen LogP contribution is -2.39. The second-order valence-corrected chi connectivity index (χ2v) is 7.55. The number of hydrogen-bond donors (Lipinski definition) is 2. The molecule has 2 rings (SSSR count). The highest BCUT2D eigenvalue weighted by Gasteiger charge is 2.15. The van der Waals surface area contributed by atoms with E-state index in [9.17, 15) is 4.79 Å². The molecule has 0 aromatic heterocycles. The van der Waals surface area contributed by atoms with Crippen molar-refractivity contribution in [3.63, 3.8) is 0 Å². The Morgan fingerprint density at radius 1 is 1.15 bits per heavy atom. The zero-order chi connectivity index (χ0) is 19.8. The van der Waals surface area contributed by atoms with E-state index >= 15 is 0 Å². The summed E-state index contributed by atoms with van der Waals surface area (Å²) >= 11 is 3.50. The van der Waals surface area contributed by atoms with Crippen LogP contribution < -0.4 is 15.4 Å². The molecular formula is C21H28BrN3O2. The van der Waals surface area contributed by atoms with E-state index in [1.165, 1.54) is 5.56 Å². The third-order valence-electron chi connectivity index (χ3n) is 4.54. The molecule has 0 aliphatic heterocycles. The number of carbonyl (C=O) groups is 1. The smallest absolute Gasteiger partial charge is 0.234 e. The fourth-order valence-electron chi connectivity index (χ4n) is 2.86. The van der Waals surface area contributed by atoms with Crippen molar-refractivity contribution in [2.45, 2.75) is 19.0 Å². The van der Waals surface area contributed by atoms with E-state index in [-0.39, 0.29) is 24.5 Å². The van der Waals surface area contributed by atoms with Gasteiger partial charge in [0.25, 0.3) is 0 Å². The van der Waals surface area contributed by atoms with Crippen LogP contribution >= 0.6 is 15.9 Å². The predicted octanol–water partition coefficient (Wildman–Crippen LogP) is 3.53. The topological polar surface area (TPSA) is 53.6 Å². The Kier molecular flexibility index (Phi) is 8.28. The van der Waals surface area contributed by atoms with Crippen molar-refractivity contribution >= 4 is 21.8 Å². The maximum Gasteiger partial charge on any atom is 0.234 e. The van der Waals surface area contributed by atoms with Crippen LogP contribution in [0.25, 0.3) is 0 Å². The quantitative estimate of drug-likeness (QED) is 0.634. The summed E-state index contributed by atoms with van der Waals surface area (Å²) in [7, 11) is 5.68. The monoisotopic (exact) mass is 433 g/mol. The highest BCUT2D eigenvalue weighted by molar-refractivity contribution is 9.10. The summed E-state index contributed by atoms with van der Waals surface area (Å²) in [6.07, 6.45) is 0. The van der Waals surface area contributed by atoms with Gasteiger partial charge in [-0.15, -0.1) is 0 Å². The predicted molar refractivity (Wildman–Crippen MR) is 113 cm³/mol. The number of amides is 1. The summed E-state index contributed by atoms with van der Waals surface area (Å²) in [5.74, 6) is 0.775. The molecule has 2 unspecified atom stereocenters. The van der Waals surface area contributed by atoms with Gasteiger partial charge in [0.15, 0.2) is 0 Å². The average molecular weight is 434 g/mol. The molecule has 1 amide bonds. The number of ether oxygens (including phenoxy) is 1. The number of hydrogen-bond acceptors (Lipinski definition) is 4. The lowest BCUT2D eigenvalue weighted by atomic mass is 10.1. The molecular weight excluding hydrogens is 406 g/mol. The molecule has 0 spiro atoms. The van der Waals surface area contributed by atoms with Crippen LogP contribution in [0.15, 0.2) is 53.0 Å². The molecule has 0 radical (unpaired) electrons. The molecule has 0 fully saturated rings. The van der Waals surface area contributed by atoms with Crippen molar-refractivity contribution in [3.05, 3.63) is 64.1 Å². The first kappa shape index (κ1) is 21.4. The summed E-state index contributed by atoms with van der Waals surface area (Å²) < 4.78 is 6.15. The van der Waals surface area contributed by atoms with Gasteiger partial charge in [-0.25, -0.2) is 0 Å². The van der Waals surface area contributed by atoms with Gasteiger partial charge in [0, 0.05) is 12.6 Å². The molecule has 2 atom stereocenters. The largest absolute Gasteiger partial charge is 0.496 e. The molecule has 146 valence electrons. The van der Waals surface area contributed by atoms with Crippen molar-refractivity contribution in [2.75, 3.05) is 34.3 Å². The van der Waals surface area contributed by atoms with E-state index in [1.54, 1.807) is 7.11 Å². The second-order valence-electron chi connectivity index (χ2n) is 6.69. The fourth-order valence-corrected chi connectivity index (χ4v) is 3.42. The average Bonchev–Trinajstić information content (AvgIpc) is 2.66. The number of rotatable bonds is 9. The van der Waals surface area contributed by atoms with Crippen LogP contribution in [0.5, 0.6) is 5.75 Å². The van der Waals surface area contributed by atoms with E-state index in [0.29, 0.717) is 6.54 Å². The normalized spacial score (nSPS) is 13.3. The number of halogens is 1. The van der Waals surface area contributed by atoms with Crippen molar-refractivity contribution in [1.29, 1.82) is 0 Å². The van der Waals surface area contributed by atoms with E-state index in [4.69, 9.17) is 4.74 Å². The van der Waals surface area contributed by atoms with Crippen molar-refractivity contribution < 1.29 is 9.53 Å². The fraction of sp³-hybridized carbons (Fsp3) is 0.381. The number of nitrogens with one attached hydrogen (secondary N) is 2. The van der Waals surface area contributed by atoms with E-state index < -0.39 is 0 Å². The molecule has 0 saturated heterocycles. The molecule has 0 bridgehead atoms. The summed E-state index contributed by atoms with van der Waals surface area (Å²) in [6, 6.07) is 16.3. The van der Waals surface area contributed by atoms with Gasteiger partial charge in [-0.05, 0) is 60.2 Å². The Morgan fingerprint density at radius 2 is 1.85 bits per heavy atom. The SMILES string of the molecule is COc1ccc(C(C)NCC(=O)NCC(c2ccccc2)N(C)C)cc1Br. The summed E-state index contributed by atoms with van der Waals surface area (Å²) in [5, 5.41) is 6.30. The number of nitrogens with zero attached hydrogens (tertiary/aromatic N) is 1. The van der Waals surface area contributed by atoms with Crippen LogP contribution in [0.2, 0.25) is 0 Å². The van der Waals surface area contributed by atoms with Gasteiger partial charge < -0.3 is 20.3 Å². The lowest BCUT2D eigenvalue weighted by molar-refractivity contribution is -0.120. The Labute approximate surface area is 170 Å². The number of likely N-dealkylation sites (N-methyl/N-ethyl adjacent to an activating group) is 1. The first-order chi connectivity index (χ1) is 12.9. The van der Waals surface area contributed by atoms with Crippen LogP contribution in [0, 0.1) is 0 Å². The maximum absolute atomic E-state index is 12.3. The van der Waals surface area contributed by atoms with Crippen LogP contribution in [0.3, 0.4) is 0 Å². The molecule has 0 saturated carbocycles. The standard InChI is InChI=1S/C21H28BrN3O2/c1-15(17-10-11-20(27-4)18(22)12-17)23-14-21(26)24-13-19(25(2)3)16-8-6-5-7-9-16/h5-12,15,19,23H,13-14H2,1-4H3,(H,24,26). The molecule has 0 aliphatic carbocycles. The Hall–Kier alpha value is -1.89. The van der Waals surface area contributed by atoms with Crippen LogP contribution in [0.4, 0.5) is 0 Å². The number of carbonyl (C=O) groups excluding carboxylic acids is 1. The minimum absolute atomic E-state index is 0.0165. The molecule has 0 heterocycles. The molecule has 2 aromatic carbocycles. The van der Waals surface area contributed by atoms with Crippen LogP contribution in [-0.4, -0.2) is 45.1 Å². The first-order valence-corrected chi connectivity index (χ1v) is 9.76. The van der Waals surface area contributed by atoms with Gasteiger partial charge in [0.05, 0.1) is 24.2 Å². The van der Waals surface area contributed by atoms with Gasteiger partial charge in [-0.1, -0.05) is 36.4 Å². The summed E-state index contributed by atoms with van der Waals surface area (Å²) in [6.45, 7) is 2.87. The van der Waals surface area contributed by atoms with Crippen LogP contribution in [-0.2, 0) is 4.79 Å². The van der Waals surface area contributed by atoms with Gasteiger partial charge in [-0.2, -0.15) is 0 Å². The Balaban J connectivity index is 1.85. The summed E-state index contributed by atoms with van der Waals surface area (Å²) in [5.41, 5.74) is 2.28. The Morgan fingerprint density at radius 3 is 2.44 bits per heavy atom. The maximum atomic E-state index is 12.3. The zero-order valence-corrected chi connectivity index (χ0v) is 17.9. The molecule has 6 heteroatoms. The van der Waals surface area contributed by atoms with Crippen molar-refractivity contribution in [1.82, 2.24) is 15.5 Å². The number of methoxy groups -OCH3 is 1. The third kappa shape index (κ3) is 6.34. The van der Waals surface area contributed by atoms with Crippen molar-refractivity contribution in [3.8, 4) is 5.75 Å². The van der Waals surface area contributed by atoms with Gasteiger partial charge in [0.2, 0.25) is 5.91 Å². The molecule has 2 aromatic rings. The molecule has 5 nitrogen and oxygen atoms in total. The van der Waals surface area contributed by atoms with Crippen LogP contribution in [0.1, 0.15) is 30.1 Å². The molecule has 2 N–H and O–H groups in total. The third-order valence-corrected chi connectivity index (χ3v) is 5.16. The minimum Gasteiger partial charge on any atom is -0.496 e. The second kappa shape index (κ2) is 10.4. The van der Waals surface area contributed by atoms with Crippen molar-refractivity contribution in [2.24, 2.45) is 0 Å². The molecule has 0 aliphatic rings. The number of benzene rings is 2. The van der Waals surface area contributed by atoms with Gasteiger partial charge in [0.1, 0.15) is 5.75 Å². The molecule has 27 heavy (non-hydrogen) atoms. The van der Waals surface area contributed by atoms with E-state index in [2.05, 4.69) is 43.6 Å². The highest BCUT2D eigenvalue weighted by atomic mass is 79.9. The van der Waals surface area contributed by atoms with E-state index in [1.807, 2.05) is 57.4 Å². The van der Waals surface area contributed by atoms with E-state index in [0.717, 1.165) is 15.8 Å². The van der Waals surface area contributed by atoms with Gasteiger partial charge >= 0.3 is 0 Å². The zero-order valence-electron chi connectivity index (χ0n) is 16.3.